The molecule has 1 fully saturated rings. The second kappa shape index (κ2) is 9.79. The molecule has 0 bridgehead atoms. The third-order valence-electron chi connectivity index (χ3n) is 5.98. The number of halogens is 1. The number of aliphatic imine (C=N–C) groups is 1. The fraction of sp³-hybridized carbons (Fsp3) is 0.478. The normalized spacial score (nSPS) is 21.1. The number of amides is 1. The monoisotopic (exact) mass is 489 g/mol. The van der Waals surface area contributed by atoms with Crippen LogP contribution in [-0.4, -0.2) is 58.9 Å². The molecule has 1 aromatic carbocycles. The van der Waals surface area contributed by atoms with Gasteiger partial charge < -0.3 is 20.6 Å². The highest BCUT2D eigenvalue weighted by Gasteiger charge is 2.33. The summed E-state index contributed by atoms with van der Waals surface area (Å²) in [6.45, 7) is 7.51. The second-order valence-corrected chi connectivity index (χ2v) is 10.0. The van der Waals surface area contributed by atoms with Crippen LogP contribution in [-0.2, 0) is 4.79 Å². The van der Waals surface area contributed by atoms with Crippen LogP contribution in [0, 0.1) is 0 Å². The van der Waals surface area contributed by atoms with E-state index >= 15 is 0 Å². The molecule has 0 spiro atoms. The minimum absolute atomic E-state index is 0.00439. The van der Waals surface area contributed by atoms with Crippen molar-refractivity contribution < 1.29 is 14.7 Å². The van der Waals surface area contributed by atoms with Gasteiger partial charge in [-0.05, 0) is 30.5 Å². The maximum Gasteiger partial charge on any atom is 0.337 e. The van der Waals surface area contributed by atoms with Crippen LogP contribution in [0.5, 0.6) is 0 Å². The molecule has 4 rings (SSSR count). The number of hydrogen-bond acceptors (Lipinski definition) is 7. The van der Waals surface area contributed by atoms with Crippen molar-refractivity contribution in [3.05, 3.63) is 34.5 Å². The molecule has 2 aromatic rings. The summed E-state index contributed by atoms with van der Waals surface area (Å²) in [5.41, 5.74) is 2.42. The predicted octanol–water partition coefficient (Wildman–Crippen LogP) is 3.76. The first-order valence-electron chi connectivity index (χ1n) is 11.2. The molecule has 0 radical (unpaired) electrons. The van der Waals surface area contributed by atoms with Crippen molar-refractivity contribution in [3.8, 4) is 0 Å². The van der Waals surface area contributed by atoms with Crippen LogP contribution in [0.2, 0.25) is 0 Å². The second-order valence-electron chi connectivity index (χ2n) is 8.68. The summed E-state index contributed by atoms with van der Waals surface area (Å²) in [5.74, 6) is -1.12. The van der Waals surface area contributed by atoms with E-state index in [-0.39, 0.29) is 29.6 Å². The molecule has 3 N–H and O–H groups in total. The van der Waals surface area contributed by atoms with Gasteiger partial charge in [0, 0.05) is 37.6 Å². The number of allylic oxidation sites excluding steroid dienone is 1. The first kappa shape index (κ1) is 23.7. The molecule has 3 heterocycles. The van der Waals surface area contributed by atoms with E-state index in [4.69, 9.17) is 16.6 Å². The number of hydrogen-bond donors (Lipinski definition) is 3. The zero-order valence-electron chi connectivity index (χ0n) is 18.9. The topological polar surface area (TPSA) is 107 Å². The number of carbonyl (C=O) groups is 2. The van der Waals surface area contributed by atoms with Crippen LogP contribution in [0.4, 0.5) is 5.13 Å². The summed E-state index contributed by atoms with van der Waals surface area (Å²) in [6, 6.07) is 5.34. The number of thiazole rings is 1. The molecule has 0 saturated carbocycles. The van der Waals surface area contributed by atoms with E-state index < -0.39 is 5.97 Å². The Morgan fingerprint density at radius 3 is 2.79 bits per heavy atom. The van der Waals surface area contributed by atoms with Crippen LogP contribution in [0.15, 0.2) is 33.9 Å². The van der Waals surface area contributed by atoms with E-state index in [1.165, 1.54) is 11.3 Å². The number of carboxylic acids is 1. The Hall–Kier alpha value is -2.49. The third kappa shape index (κ3) is 5.05. The molecule has 1 aromatic heterocycles. The van der Waals surface area contributed by atoms with Crippen LogP contribution >= 0.6 is 22.9 Å². The van der Waals surface area contributed by atoms with Gasteiger partial charge in [-0.1, -0.05) is 49.8 Å². The van der Waals surface area contributed by atoms with E-state index in [0.717, 1.165) is 23.5 Å². The molecule has 1 amide bonds. The number of anilines is 1. The Labute approximate surface area is 201 Å². The summed E-state index contributed by atoms with van der Waals surface area (Å²) >= 11 is 7.56. The maximum absolute atomic E-state index is 12.9. The van der Waals surface area contributed by atoms with Gasteiger partial charge in [0.2, 0.25) is 0 Å². The van der Waals surface area contributed by atoms with Crippen molar-refractivity contribution in [3.63, 3.8) is 0 Å². The lowest BCUT2D eigenvalue weighted by Crippen LogP contribution is -2.61. The lowest BCUT2D eigenvalue weighted by Gasteiger charge is -2.40. The minimum atomic E-state index is -0.952. The molecule has 2 aliphatic rings. The van der Waals surface area contributed by atoms with Gasteiger partial charge in [0.25, 0.3) is 5.91 Å². The van der Waals surface area contributed by atoms with Gasteiger partial charge in [-0.3, -0.25) is 4.79 Å². The standard InChI is InChI=1S/C23H28ClN5O3S/c1-4-13-10-17(26-20(13)24)21(30)27-15-8-9-29(11-18(15)25-12(2)3)23-28-16-7-5-6-14(22(31)32)19(16)33-23/h5-7,12,15,18,25H,4,8-11H2,1-3H3,(H,27,30)(H,31,32)/t15-,18+/m1/s1. The van der Waals surface area contributed by atoms with Crippen LogP contribution < -0.4 is 15.5 Å². The molecule has 33 heavy (non-hydrogen) atoms. The number of carboxylic acid groups (broad SMARTS) is 1. The summed E-state index contributed by atoms with van der Waals surface area (Å²) in [4.78, 5) is 35.6. The smallest absolute Gasteiger partial charge is 0.337 e. The highest BCUT2D eigenvalue weighted by Crippen LogP contribution is 2.33. The van der Waals surface area contributed by atoms with Gasteiger partial charge >= 0.3 is 5.97 Å². The van der Waals surface area contributed by atoms with Crippen molar-refractivity contribution in [2.45, 2.75) is 58.2 Å². The minimum Gasteiger partial charge on any atom is -0.478 e. The predicted molar refractivity (Wildman–Crippen MR) is 133 cm³/mol. The van der Waals surface area contributed by atoms with Crippen molar-refractivity contribution in [1.29, 1.82) is 0 Å². The highest BCUT2D eigenvalue weighted by atomic mass is 35.5. The van der Waals surface area contributed by atoms with Gasteiger partial charge in [-0.2, -0.15) is 0 Å². The van der Waals surface area contributed by atoms with Crippen LogP contribution in [0.25, 0.3) is 10.2 Å². The number of benzene rings is 1. The number of nitrogens with zero attached hydrogens (tertiary/aromatic N) is 3. The van der Waals surface area contributed by atoms with Gasteiger partial charge in [0.05, 0.1) is 15.8 Å². The highest BCUT2D eigenvalue weighted by molar-refractivity contribution is 7.22. The molecule has 1 saturated heterocycles. The quantitative estimate of drug-likeness (QED) is 0.511. The van der Waals surface area contributed by atoms with Gasteiger partial charge in [-0.25, -0.2) is 14.8 Å². The third-order valence-corrected chi connectivity index (χ3v) is 7.49. The van der Waals surface area contributed by atoms with E-state index in [9.17, 15) is 14.7 Å². The number of aromatic nitrogens is 1. The SMILES string of the molecule is CCC1=C(Cl)N=C(C(=O)N[C@@H]2CCN(c3nc4cccc(C(=O)O)c4s3)C[C@@H]2NC(C)C)C1. The number of aromatic carboxylic acids is 1. The first-order valence-corrected chi connectivity index (χ1v) is 12.4. The van der Waals surface area contributed by atoms with E-state index in [1.807, 2.05) is 13.0 Å². The van der Waals surface area contributed by atoms with E-state index in [1.54, 1.807) is 12.1 Å². The summed E-state index contributed by atoms with van der Waals surface area (Å²) in [7, 11) is 0. The molecule has 8 nitrogen and oxygen atoms in total. The number of piperidine rings is 1. The van der Waals surface area contributed by atoms with E-state index in [0.29, 0.717) is 40.6 Å². The largest absolute Gasteiger partial charge is 0.478 e. The molecule has 2 atom stereocenters. The molecule has 0 unspecified atom stereocenters. The lowest BCUT2D eigenvalue weighted by atomic mass is 9.98. The Morgan fingerprint density at radius 1 is 1.33 bits per heavy atom. The van der Waals surface area contributed by atoms with Crippen molar-refractivity contribution >= 4 is 55.9 Å². The molecular formula is C23H28ClN5O3S. The maximum atomic E-state index is 12.9. The fourth-order valence-corrected chi connectivity index (χ4v) is 5.71. The van der Waals surface area contributed by atoms with Crippen LogP contribution in [0.1, 0.15) is 50.4 Å². The Kier molecular flexibility index (Phi) is 7.02. The zero-order valence-corrected chi connectivity index (χ0v) is 20.5. The molecular weight excluding hydrogens is 462 g/mol. The van der Waals surface area contributed by atoms with E-state index in [2.05, 4.69) is 34.4 Å². The molecule has 176 valence electrons. The van der Waals surface area contributed by atoms with Crippen molar-refractivity contribution in [2.75, 3.05) is 18.0 Å². The molecule has 2 aliphatic heterocycles. The van der Waals surface area contributed by atoms with Gasteiger partial charge in [0.15, 0.2) is 5.13 Å². The summed E-state index contributed by atoms with van der Waals surface area (Å²) in [5, 5.41) is 17.5. The fourth-order valence-electron chi connectivity index (χ4n) is 4.30. The van der Waals surface area contributed by atoms with Crippen LogP contribution in [0.3, 0.4) is 0 Å². The van der Waals surface area contributed by atoms with Gasteiger partial charge in [-0.15, -0.1) is 0 Å². The number of rotatable bonds is 7. The van der Waals surface area contributed by atoms with Gasteiger partial charge in [0.1, 0.15) is 10.9 Å². The molecule has 10 heteroatoms. The number of fused-ring (bicyclic) bond motifs is 1. The Balaban J connectivity index is 1.50. The zero-order chi connectivity index (χ0) is 23.7. The van der Waals surface area contributed by atoms with Crippen molar-refractivity contribution in [2.24, 2.45) is 4.99 Å². The number of nitrogens with one attached hydrogen (secondary N) is 2. The summed E-state index contributed by atoms with van der Waals surface area (Å²) in [6.07, 6.45) is 2.01. The summed E-state index contributed by atoms with van der Waals surface area (Å²) < 4.78 is 0.680. The lowest BCUT2D eigenvalue weighted by molar-refractivity contribution is -0.115. The Bertz CT molecular complexity index is 1140. The van der Waals surface area contributed by atoms with Crippen molar-refractivity contribution in [1.82, 2.24) is 15.6 Å². The first-order chi connectivity index (χ1) is 15.8. The Morgan fingerprint density at radius 2 is 2.12 bits per heavy atom. The average Bonchev–Trinajstić information content (AvgIpc) is 3.37. The number of carbonyl (C=O) groups excluding carboxylic acids is 1. The molecule has 0 aliphatic carbocycles. The average molecular weight is 490 g/mol.